The van der Waals surface area contributed by atoms with Crippen LogP contribution >= 0.6 is 11.8 Å². The Labute approximate surface area is 108 Å². The molecule has 0 saturated carbocycles. The lowest BCUT2D eigenvalue weighted by atomic mass is 10.1. The summed E-state index contributed by atoms with van der Waals surface area (Å²) in [4.78, 5) is 3.69. The topological polar surface area (TPSA) is 12.5 Å². The molecular formula is C14H21NOS. The van der Waals surface area contributed by atoms with Gasteiger partial charge in [0, 0.05) is 16.2 Å². The molecule has 1 saturated heterocycles. The van der Waals surface area contributed by atoms with E-state index in [0.717, 1.165) is 18.8 Å². The standard InChI is InChI=1S/C14H21NOS/c1-14(2)11-16-13(15(14)3)9-10-17-12-7-5-4-6-8-12/h4-8,13H,9-11H2,1-3H3. The van der Waals surface area contributed by atoms with Gasteiger partial charge in [-0.15, -0.1) is 11.8 Å². The largest absolute Gasteiger partial charge is 0.361 e. The van der Waals surface area contributed by atoms with Crippen molar-refractivity contribution in [2.45, 2.75) is 36.9 Å². The minimum atomic E-state index is 0.183. The first-order chi connectivity index (χ1) is 8.09. The Morgan fingerprint density at radius 3 is 2.65 bits per heavy atom. The second-order valence-electron chi connectivity index (χ2n) is 5.14. The van der Waals surface area contributed by atoms with Crippen LogP contribution in [0.3, 0.4) is 0 Å². The molecular weight excluding hydrogens is 230 g/mol. The van der Waals surface area contributed by atoms with Crippen LogP contribution in [0.1, 0.15) is 20.3 Å². The van der Waals surface area contributed by atoms with Gasteiger partial charge >= 0.3 is 0 Å². The zero-order chi connectivity index (χ0) is 12.3. The predicted molar refractivity (Wildman–Crippen MR) is 73.4 cm³/mol. The lowest BCUT2D eigenvalue weighted by Gasteiger charge is -2.28. The van der Waals surface area contributed by atoms with Gasteiger partial charge in [0.2, 0.25) is 0 Å². The van der Waals surface area contributed by atoms with E-state index in [2.05, 4.69) is 56.1 Å². The maximum Gasteiger partial charge on any atom is 0.111 e. The third-order valence-corrected chi connectivity index (χ3v) is 4.44. The molecule has 1 aliphatic heterocycles. The van der Waals surface area contributed by atoms with Crippen molar-refractivity contribution < 1.29 is 4.74 Å². The molecule has 3 heteroatoms. The van der Waals surface area contributed by atoms with Crippen LogP contribution in [0.4, 0.5) is 0 Å². The summed E-state index contributed by atoms with van der Waals surface area (Å²) in [5.41, 5.74) is 0.183. The lowest BCUT2D eigenvalue weighted by molar-refractivity contribution is 0.0391. The van der Waals surface area contributed by atoms with Gasteiger partial charge in [-0.2, -0.15) is 0 Å². The molecule has 0 N–H and O–H groups in total. The Morgan fingerprint density at radius 1 is 1.35 bits per heavy atom. The van der Waals surface area contributed by atoms with E-state index in [1.54, 1.807) is 0 Å². The normalized spacial score (nSPS) is 24.1. The number of nitrogens with zero attached hydrogens (tertiary/aromatic N) is 1. The summed E-state index contributed by atoms with van der Waals surface area (Å²) in [6, 6.07) is 10.6. The monoisotopic (exact) mass is 251 g/mol. The summed E-state index contributed by atoms with van der Waals surface area (Å²) in [7, 11) is 2.16. The molecule has 0 aromatic heterocycles. The van der Waals surface area contributed by atoms with Crippen LogP contribution in [-0.2, 0) is 4.74 Å². The highest BCUT2D eigenvalue weighted by molar-refractivity contribution is 7.99. The number of benzene rings is 1. The number of hydrogen-bond acceptors (Lipinski definition) is 3. The van der Waals surface area contributed by atoms with Gasteiger partial charge in [-0.05, 0) is 39.4 Å². The smallest absolute Gasteiger partial charge is 0.111 e. The van der Waals surface area contributed by atoms with E-state index < -0.39 is 0 Å². The molecule has 1 aromatic rings. The summed E-state index contributed by atoms with van der Waals surface area (Å²) in [5.74, 6) is 1.11. The maximum absolute atomic E-state index is 5.83. The zero-order valence-corrected chi connectivity index (χ0v) is 11.7. The molecule has 17 heavy (non-hydrogen) atoms. The van der Waals surface area contributed by atoms with Gasteiger partial charge in [0.05, 0.1) is 6.61 Å². The molecule has 0 aliphatic carbocycles. The number of likely N-dealkylation sites (N-methyl/N-ethyl adjacent to an activating group) is 1. The summed E-state index contributed by atoms with van der Waals surface area (Å²) < 4.78 is 5.83. The van der Waals surface area contributed by atoms with E-state index in [4.69, 9.17) is 4.74 Å². The molecule has 1 atom stereocenters. The van der Waals surface area contributed by atoms with Gasteiger partial charge in [-0.3, -0.25) is 4.90 Å². The highest BCUT2D eigenvalue weighted by Crippen LogP contribution is 2.28. The third-order valence-electron chi connectivity index (χ3n) is 3.39. The molecule has 0 radical (unpaired) electrons. The summed E-state index contributed by atoms with van der Waals surface area (Å²) in [6.07, 6.45) is 1.36. The van der Waals surface area contributed by atoms with Crippen LogP contribution in [0.2, 0.25) is 0 Å². The number of hydrogen-bond donors (Lipinski definition) is 0. The summed E-state index contributed by atoms with van der Waals surface area (Å²) in [5, 5.41) is 0. The molecule has 94 valence electrons. The van der Waals surface area contributed by atoms with Crippen molar-refractivity contribution in [2.24, 2.45) is 0 Å². The molecule has 1 aliphatic rings. The van der Waals surface area contributed by atoms with Crippen LogP contribution in [-0.4, -0.2) is 36.1 Å². The SMILES string of the molecule is CN1C(CCSc2ccccc2)OCC1(C)C. The van der Waals surface area contributed by atoms with Gasteiger partial charge < -0.3 is 4.74 Å². The van der Waals surface area contributed by atoms with E-state index in [9.17, 15) is 0 Å². The summed E-state index contributed by atoms with van der Waals surface area (Å²) >= 11 is 1.90. The zero-order valence-electron chi connectivity index (χ0n) is 10.8. The minimum Gasteiger partial charge on any atom is -0.361 e. The molecule has 1 aromatic carbocycles. The fraction of sp³-hybridized carbons (Fsp3) is 0.571. The van der Waals surface area contributed by atoms with E-state index >= 15 is 0 Å². The Morgan fingerprint density at radius 2 is 2.06 bits per heavy atom. The Hall–Kier alpha value is -0.510. The van der Waals surface area contributed by atoms with Gasteiger partial charge in [-0.1, -0.05) is 18.2 Å². The van der Waals surface area contributed by atoms with Crippen LogP contribution in [0, 0.1) is 0 Å². The highest BCUT2D eigenvalue weighted by Gasteiger charge is 2.36. The van der Waals surface area contributed by atoms with Gasteiger partial charge in [0.15, 0.2) is 0 Å². The molecule has 2 rings (SSSR count). The predicted octanol–water partition coefficient (Wildman–Crippen LogP) is 3.24. The third kappa shape index (κ3) is 3.24. The van der Waals surface area contributed by atoms with E-state index in [-0.39, 0.29) is 11.8 Å². The molecule has 2 nitrogen and oxygen atoms in total. The van der Waals surface area contributed by atoms with Gasteiger partial charge in [0.1, 0.15) is 6.23 Å². The van der Waals surface area contributed by atoms with Crippen molar-refractivity contribution in [1.82, 2.24) is 4.90 Å². The van der Waals surface area contributed by atoms with Gasteiger partial charge in [-0.25, -0.2) is 0 Å². The van der Waals surface area contributed by atoms with Crippen molar-refractivity contribution in [3.8, 4) is 0 Å². The fourth-order valence-electron chi connectivity index (χ4n) is 1.97. The number of thioether (sulfide) groups is 1. The maximum atomic E-state index is 5.83. The second-order valence-corrected chi connectivity index (χ2v) is 6.31. The molecule has 0 spiro atoms. The van der Waals surface area contributed by atoms with Crippen molar-refractivity contribution >= 4 is 11.8 Å². The van der Waals surface area contributed by atoms with Crippen LogP contribution in [0.15, 0.2) is 35.2 Å². The first-order valence-electron chi connectivity index (χ1n) is 6.12. The quantitative estimate of drug-likeness (QED) is 0.762. The number of rotatable bonds is 4. The molecule has 0 amide bonds. The Kier molecular flexibility index (Phi) is 4.13. The van der Waals surface area contributed by atoms with Crippen LogP contribution in [0.25, 0.3) is 0 Å². The first kappa shape index (κ1) is 12.9. The van der Waals surface area contributed by atoms with Crippen LogP contribution < -0.4 is 0 Å². The van der Waals surface area contributed by atoms with Crippen molar-refractivity contribution in [1.29, 1.82) is 0 Å². The second kappa shape index (κ2) is 5.42. The van der Waals surface area contributed by atoms with Crippen molar-refractivity contribution in [3.63, 3.8) is 0 Å². The Balaban J connectivity index is 1.77. The highest BCUT2D eigenvalue weighted by atomic mass is 32.2. The Bertz CT molecular complexity index is 352. The van der Waals surface area contributed by atoms with Crippen molar-refractivity contribution in [3.05, 3.63) is 30.3 Å². The van der Waals surface area contributed by atoms with E-state index in [1.807, 2.05) is 11.8 Å². The first-order valence-corrected chi connectivity index (χ1v) is 7.10. The lowest BCUT2D eigenvalue weighted by Crippen LogP contribution is -2.41. The average Bonchev–Trinajstić information content (AvgIpc) is 2.57. The van der Waals surface area contributed by atoms with Crippen LogP contribution in [0.5, 0.6) is 0 Å². The molecule has 0 bridgehead atoms. The van der Waals surface area contributed by atoms with Crippen molar-refractivity contribution in [2.75, 3.05) is 19.4 Å². The summed E-state index contributed by atoms with van der Waals surface area (Å²) in [6.45, 7) is 5.30. The molecule has 1 fully saturated rings. The number of ether oxygens (including phenoxy) is 1. The van der Waals surface area contributed by atoms with Gasteiger partial charge in [0.25, 0.3) is 0 Å². The minimum absolute atomic E-state index is 0.183. The fourth-order valence-corrected chi connectivity index (χ4v) is 2.88. The van der Waals surface area contributed by atoms with E-state index in [1.165, 1.54) is 4.90 Å². The molecule has 1 heterocycles. The average molecular weight is 251 g/mol. The van der Waals surface area contributed by atoms with E-state index in [0.29, 0.717) is 0 Å². The molecule has 1 unspecified atom stereocenters.